The molecule has 0 radical (unpaired) electrons. The highest BCUT2D eigenvalue weighted by molar-refractivity contribution is 5.77. The summed E-state index contributed by atoms with van der Waals surface area (Å²) in [6, 6.07) is -0.0424. The lowest BCUT2D eigenvalue weighted by Crippen LogP contribution is -2.38. The molecule has 0 saturated carbocycles. The van der Waals surface area contributed by atoms with Crippen molar-refractivity contribution >= 4 is 5.91 Å². The van der Waals surface area contributed by atoms with E-state index < -0.39 is 0 Å². The Morgan fingerprint density at radius 2 is 2.33 bits per heavy atom. The second-order valence-corrected chi connectivity index (χ2v) is 2.68. The molecule has 0 spiro atoms. The first kappa shape index (κ1) is 11.0. The summed E-state index contributed by atoms with van der Waals surface area (Å²) in [4.78, 5) is 12.8. The van der Waals surface area contributed by atoms with Crippen molar-refractivity contribution in [1.82, 2.24) is 10.2 Å². The Bertz CT molecular complexity index is 183. The Hall–Kier alpha value is -1.01. The molecule has 0 heterocycles. The molecule has 0 aliphatic rings. The Kier molecular flexibility index (Phi) is 5.14. The van der Waals surface area contributed by atoms with Gasteiger partial charge in [0.15, 0.2) is 0 Å². The highest BCUT2D eigenvalue weighted by atomic mass is 16.2. The zero-order valence-electron chi connectivity index (χ0n) is 7.92. The van der Waals surface area contributed by atoms with Crippen molar-refractivity contribution in [2.24, 2.45) is 0 Å². The number of carbonyl (C=O) groups is 1. The molecule has 3 nitrogen and oxygen atoms in total. The molecule has 1 unspecified atom stereocenters. The molecule has 0 aromatic rings. The number of nitrogens with zero attached hydrogens (tertiary/aromatic N) is 1. The molecule has 12 heavy (non-hydrogen) atoms. The molecule has 0 rings (SSSR count). The van der Waals surface area contributed by atoms with E-state index in [2.05, 4.69) is 11.2 Å². The van der Waals surface area contributed by atoms with Crippen molar-refractivity contribution in [1.29, 1.82) is 0 Å². The highest BCUT2D eigenvalue weighted by Gasteiger charge is 2.06. The molecule has 68 valence electrons. The van der Waals surface area contributed by atoms with Crippen molar-refractivity contribution in [3.05, 3.63) is 0 Å². The quantitative estimate of drug-likeness (QED) is 0.603. The van der Waals surface area contributed by atoms with E-state index in [4.69, 9.17) is 6.42 Å². The van der Waals surface area contributed by atoms with Crippen LogP contribution in [0.4, 0.5) is 0 Å². The van der Waals surface area contributed by atoms with Gasteiger partial charge in [-0.1, -0.05) is 5.92 Å². The molecule has 3 heteroatoms. The van der Waals surface area contributed by atoms with Crippen molar-refractivity contribution in [3.63, 3.8) is 0 Å². The zero-order chi connectivity index (χ0) is 9.56. The lowest BCUT2D eigenvalue weighted by atomic mass is 10.3. The van der Waals surface area contributed by atoms with Crippen LogP contribution in [0.3, 0.4) is 0 Å². The van der Waals surface area contributed by atoms with Crippen molar-refractivity contribution in [2.45, 2.75) is 19.9 Å². The van der Waals surface area contributed by atoms with E-state index in [0.717, 1.165) is 6.54 Å². The molecule has 0 fully saturated rings. The first-order valence-electron chi connectivity index (χ1n) is 4.05. The van der Waals surface area contributed by atoms with Gasteiger partial charge in [0.1, 0.15) is 0 Å². The summed E-state index contributed by atoms with van der Waals surface area (Å²) in [5, 5.41) is 2.92. The van der Waals surface area contributed by atoms with Crippen LogP contribution >= 0.6 is 0 Å². The molecule has 1 N–H and O–H groups in total. The fourth-order valence-electron chi connectivity index (χ4n) is 0.611. The van der Waals surface area contributed by atoms with Gasteiger partial charge in [0.2, 0.25) is 5.91 Å². The normalized spacial score (nSPS) is 11.8. The largest absolute Gasteiger partial charge is 0.345 e. The van der Waals surface area contributed by atoms with Crippen LogP contribution in [-0.2, 0) is 4.79 Å². The van der Waals surface area contributed by atoms with Gasteiger partial charge >= 0.3 is 0 Å². The van der Waals surface area contributed by atoms with E-state index in [9.17, 15) is 4.79 Å². The second kappa shape index (κ2) is 5.62. The number of amides is 1. The standard InChI is InChI=1S/C9H16N2O/c1-5-8(3)10-7-9(12)11(4)6-2/h1,8,10H,6-7H2,2-4H3. The predicted molar refractivity (Wildman–Crippen MR) is 49.6 cm³/mol. The number of hydrogen-bond donors (Lipinski definition) is 1. The van der Waals surface area contributed by atoms with Crippen LogP contribution in [0.1, 0.15) is 13.8 Å². The lowest BCUT2D eigenvalue weighted by molar-refractivity contribution is -0.128. The zero-order valence-corrected chi connectivity index (χ0v) is 7.92. The summed E-state index contributed by atoms with van der Waals surface area (Å²) in [6.45, 7) is 4.82. The van der Waals surface area contributed by atoms with Gasteiger partial charge < -0.3 is 4.90 Å². The van der Waals surface area contributed by atoms with Crippen molar-refractivity contribution < 1.29 is 4.79 Å². The third-order valence-electron chi connectivity index (χ3n) is 1.71. The Morgan fingerprint density at radius 3 is 2.75 bits per heavy atom. The lowest BCUT2D eigenvalue weighted by Gasteiger charge is -2.15. The molecule has 0 aliphatic heterocycles. The molecule has 1 amide bonds. The predicted octanol–water partition coefficient (Wildman–Crippen LogP) is 0.0760. The smallest absolute Gasteiger partial charge is 0.236 e. The summed E-state index contributed by atoms with van der Waals surface area (Å²) < 4.78 is 0. The van der Waals surface area contributed by atoms with Gasteiger partial charge in [-0.25, -0.2) is 0 Å². The SMILES string of the molecule is C#CC(C)NCC(=O)N(C)CC. The Labute approximate surface area is 74.1 Å². The summed E-state index contributed by atoms with van der Waals surface area (Å²) in [6.07, 6.45) is 5.13. The third-order valence-corrected chi connectivity index (χ3v) is 1.71. The van der Waals surface area contributed by atoms with E-state index in [1.165, 1.54) is 0 Å². The minimum Gasteiger partial charge on any atom is -0.345 e. The van der Waals surface area contributed by atoms with E-state index in [-0.39, 0.29) is 11.9 Å². The van der Waals surface area contributed by atoms with Crippen LogP contribution in [0.25, 0.3) is 0 Å². The molecule has 0 aliphatic carbocycles. The Morgan fingerprint density at radius 1 is 1.75 bits per heavy atom. The van der Waals surface area contributed by atoms with Crippen LogP contribution in [-0.4, -0.2) is 37.0 Å². The van der Waals surface area contributed by atoms with Crippen LogP contribution in [0.15, 0.2) is 0 Å². The van der Waals surface area contributed by atoms with Gasteiger partial charge in [-0.3, -0.25) is 10.1 Å². The van der Waals surface area contributed by atoms with Crippen molar-refractivity contribution in [2.75, 3.05) is 20.1 Å². The molecule has 0 aromatic carbocycles. The minimum atomic E-state index is -0.0424. The fraction of sp³-hybridized carbons (Fsp3) is 0.667. The van der Waals surface area contributed by atoms with E-state index in [1.54, 1.807) is 11.9 Å². The minimum absolute atomic E-state index is 0.0424. The number of nitrogens with one attached hydrogen (secondary N) is 1. The van der Waals surface area contributed by atoms with Gasteiger partial charge in [-0.15, -0.1) is 6.42 Å². The molecule has 0 aromatic heterocycles. The van der Waals surface area contributed by atoms with E-state index in [0.29, 0.717) is 6.54 Å². The maximum absolute atomic E-state index is 11.2. The van der Waals surface area contributed by atoms with Crippen molar-refractivity contribution in [3.8, 4) is 12.3 Å². The van der Waals surface area contributed by atoms with Gasteiger partial charge in [0.25, 0.3) is 0 Å². The van der Waals surface area contributed by atoms with Gasteiger partial charge in [-0.2, -0.15) is 0 Å². The van der Waals surface area contributed by atoms with E-state index >= 15 is 0 Å². The van der Waals surface area contributed by atoms with Crippen LogP contribution in [0, 0.1) is 12.3 Å². The summed E-state index contributed by atoms with van der Waals surface area (Å²) in [5.41, 5.74) is 0. The first-order chi connectivity index (χ1) is 5.61. The Balaban J connectivity index is 3.65. The number of rotatable bonds is 4. The topological polar surface area (TPSA) is 32.3 Å². The van der Waals surface area contributed by atoms with Gasteiger partial charge in [0, 0.05) is 13.6 Å². The maximum Gasteiger partial charge on any atom is 0.236 e. The number of likely N-dealkylation sites (N-methyl/N-ethyl adjacent to an activating group) is 1. The molecular weight excluding hydrogens is 152 g/mol. The monoisotopic (exact) mass is 168 g/mol. The molecule has 0 saturated heterocycles. The van der Waals surface area contributed by atoms with Crippen LogP contribution < -0.4 is 5.32 Å². The highest BCUT2D eigenvalue weighted by Crippen LogP contribution is 1.83. The molecule has 0 bridgehead atoms. The second-order valence-electron chi connectivity index (χ2n) is 2.68. The summed E-state index contributed by atoms with van der Waals surface area (Å²) in [5.74, 6) is 2.56. The van der Waals surface area contributed by atoms with Crippen LogP contribution in [0.5, 0.6) is 0 Å². The fourth-order valence-corrected chi connectivity index (χ4v) is 0.611. The maximum atomic E-state index is 11.2. The van der Waals surface area contributed by atoms with Gasteiger partial charge in [-0.05, 0) is 13.8 Å². The first-order valence-corrected chi connectivity index (χ1v) is 4.05. The number of terminal acetylenes is 1. The molecular formula is C9H16N2O. The molecule has 1 atom stereocenters. The number of carbonyl (C=O) groups excluding carboxylic acids is 1. The third kappa shape index (κ3) is 3.99. The average molecular weight is 168 g/mol. The summed E-state index contributed by atoms with van der Waals surface area (Å²) in [7, 11) is 1.77. The van der Waals surface area contributed by atoms with Crippen LogP contribution in [0.2, 0.25) is 0 Å². The van der Waals surface area contributed by atoms with Gasteiger partial charge in [0.05, 0.1) is 12.6 Å². The van der Waals surface area contributed by atoms with E-state index in [1.807, 2.05) is 13.8 Å². The number of hydrogen-bond acceptors (Lipinski definition) is 2. The summed E-state index contributed by atoms with van der Waals surface area (Å²) >= 11 is 0. The average Bonchev–Trinajstić information content (AvgIpc) is 2.11.